The van der Waals surface area contributed by atoms with Crippen molar-refractivity contribution in [1.29, 1.82) is 0 Å². The van der Waals surface area contributed by atoms with Crippen LogP contribution in [-0.4, -0.2) is 7.11 Å². The number of hydrogen-bond acceptors (Lipinski definition) is 2. The first kappa shape index (κ1) is 10.6. The molecule has 0 heterocycles. The number of para-hydroxylation sites is 1. The van der Waals surface area contributed by atoms with Gasteiger partial charge in [-0.25, -0.2) is 0 Å². The number of rotatable bonds is 2. The molecule has 2 heteroatoms. The van der Waals surface area contributed by atoms with Crippen molar-refractivity contribution in [3.05, 3.63) is 48.0 Å². The number of nitrogen functional groups attached to an aromatic ring is 1. The Morgan fingerprint density at radius 1 is 1.06 bits per heavy atom. The first-order valence-electron chi connectivity index (χ1n) is 5.22. The van der Waals surface area contributed by atoms with Crippen LogP contribution in [0.25, 0.3) is 11.1 Å². The fourth-order valence-corrected chi connectivity index (χ4v) is 1.69. The van der Waals surface area contributed by atoms with Gasteiger partial charge in [-0.15, -0.1) is 0 Å². The molecule has 0 aromatic heterocycles. The molecule has 0 fully saturated rings. The van der Waals surface area contributed by atoms with Crippen LogP contribution in [0, 0.1) is 6.92 Å². The highest BCUT2D eigenvalue weighted by atomic mass is 16.5. The Morgan fingerprint density at radius 2 is 1.81 bits per heavy atom. The molecule has 0 aliphatic rings. The second kappa shape index (κ2) is 4.27. The standard InChI is InChI=1S/C14H15NO/c1-10-7-8-11(9-13(10)15)12-5-3-4-6-14(12)16-2/h3-9H,15H2,1-2H3. The van der Waals surface area contributed by atoms with E-state index in [1.807, 2.05) is 43.3 Å². The normalized spacial score (nSPS) is 10.1. The minimum Gasteiger partial charge on any atom is -0.496 e. The van der Waals surface area contributed by atoms with Crippen LogP contribution in [0.1, 0.15) is 5.56 Å². The van der Waals surface area contributed by atoms with Crippen molar-refractivity contribution in [3.63, 3.8) is 0 Å². The van der Waals surface area contributed by atoms with Gasteiger partial charge in [0.25, 0.3) is 0 Å². The Labute approximate surface area is 95.7 Å². The lowest BCUT2D eigenvalue weighted by molar-refractivity contribution is 0.416. The van der Waals surface area contributed by atoms with Gasteiger partial charge in [0.1, 0.15) is 5.75 Å². The van der Waals surface area contributed by atoms with Crippen LogP contribution in [0.4, 0.5) is 5.69 Å². The number of anilines is 1. The van der Waals surface area contributed by atoms with Gasteiger partial charge in [0, 0.05) is 11.3 Å². The van der Waals surface area contributed by atoms with Gasteiger partial charge in [0.05, 0.1) is 7.11 Å². The summed E-state index contributed by atoms with van der Waals surface area (Å²) in [6.07, 6.45) is 0. The number of aryl methyl sites for hydroxylation is 1. The van der Waals surface area contributed by atoms with Crippen molar-refractivity contribution in [3.8, 4) is 16.9 Å². The van der Waals surface area contributed by atoms with E-state index in [1.54, 1.807) is 7.11 Å². The minimum absolute atomic E-state index is 0.809. The number of methoxy groups -OCH3 is 1. The summed E-state index contributed by atoms with van der Waals surface area (Å²) in [5.74, 6) is 0.866. The van der Waals surface area contributed by atoms with Crippen LogP contribution in [0.2, 0.25) is 0 Å². The van der Waals surface area contributed by atoms with Crippen molar-refractivity contribution in [2.75, 3.05) is 12.8 Å². The maximum absolute atomic E-state index is 5.91. The summed E-state index contributed by atoms with van der Waals surface area (Å²) in [6, 6.07) is 14.0. The summed E-state index contributed by atoms with van der Waals surface area (Å²) < 4.78 is 5.33. The van der Waals surface area contributed by atoms with Crippen LogP contribution in [0.5, 0.6) is 5.75 Å². The molecule has 2 aromatic rings. The molecule has 2 aromatic carbocycles. The molecule has 2 N–H and O–H groups in total. The number of ether oxygens (including phenoxy) is 1. The van der Waals surface area contributed by atoms with Gasteiger partial charge in [-0.05, 0) is 30.2 Å². The highest BCUT2D eigenvalue weighted by molar-refractivity contribution is 5.73. The zero-order valence-corrected chi connectivity index (χ0v) is 9.53. The molecule has 0 bridgehead atoms. The van der Waals surface area contributed by atoms with Crippen molar-refractivity contribution >= 4 is 5.69 Å². The van der Waals surface area contributed by atoms with Gasteiger partial charge in [0.2, 0.25) is 0 Å². The Hall–Kier alpha value is -1.96. The smallest absolute Gasteiger partial charge is 0.126 e. The van der Waals surface area contributed by atoms with Crippen LogP contribution >= 0.6 is 0 Å². The molecule has 0 unspecified atom stereocenters. The fourth-order valence-electron chi connectivity index (χ4n) is 1.69. The molecular formula is C14H15NO. The molecule has 16 heavy (non-hydrogen) atoms. The average Bonchev–Trinajstić information content (AvgIpc) is 2.32. The van der Waals surface area contributed by atoms with E-state index in [-0.39, 0.29) is 0 Å². The van der Waals surface area contributed by atoms with Gasteiger partial charge < -0.3 is 10.5 Å². The number of nitrogens with two attached hydrogens (primary N) is 1. The molecule has 0 amide bonds. The van der Waals surface area contributed by atoms with Crippen LogP contribution in [0.3, 0.4) is 0 Å². The van der Waals surface area contributed by atoms with E-state index in [9.17, 15) is 0 Å². The first-order chi connectivity index (χ1) is 7.72. The van der Waals surface area contributed by atoms with Gasteiger partial charge in [-0.2, -0.15) is 0 Å². The highest BCUT2D eigenvalue weighted by Gasteiger charge is 2.05. The number of hydrogen-bond donors (Lipinski definition) is 1. The monoisotopic (exact) mass is 213 g/mol. The van der Waals surface area contributed by atoms with E-state index in [1.165, 1.54) is 0 Å². The molecular weight excluding hydrogens is 198 g/mol. The van der Waals surface area contributed by atoms with Gasteiger partial charge in [-0.1, -0.05) is 30.3 Å². The van der Waals surface area contributed by atoms with E-state index < -0.39 is 0 Å². The van der Waals surface area contributed by atoms with Crippen molar-refractivity contribution in [1.82, 2.24) is 0 Å². The lowest BCUT2D eigenvalue weighted by Gasteiger charge is -2.09. The van der Waals surface area contributed by atoms with Crippen LogP contribution < -0.4 is 10.5 Å². The van der Waals surface area contributed by atoms with E-state index in [4.69, 9.17) is 10.5 Å². The lowest BCUT2D eigenvalue weighted by Crippen LogP contribution is -1.91. The van der Waals surface area contributed by atoms with E-state index >= 15 is 0 Å². The quantitative estimate of drug-likeness (QED) is 0.777. The van der Waals surface area contributed by atoms with Crippen molar-refractivity contribution < 1.29 is 4.74 Å². The Balaban J connectivity index is 2.54. The summed E-state index contributed by atoms with van der Waals surface area (Å²) in [4.78, 5) is 0. The van der Waals surface area contributed by atoms with Gasteiger partial charge >= 0.3 is 0 Å². The second-order valence-electron chi connectivity index (χ2n) is 3.77. The summed E-state index contributed by atoms with van der Waals surface area (Å²) in [6.45, 7) is 2.00. The topological polar surface area (TPSA) is 35.2 Å². The van der Waals surface area contributed by atoms with Crippen molar-refractivity contribution in [2.45, 2.75) is 6.92 Å². The third kappa shape index (κ3) is 1.87. The van der Waals surface area contributed by atoms with Crippen LogP contribution in [-0.2, 0) is 0 Å². The minimum atomic E-state index is 0.809. The molecule has 0 saturated carbocycles. The largest absolute Gasteiger partial charge is 0.496 e. The van der Waals surface area contributed by atoms with E-state index in [0.29, 0.717) is 0 Å². The summed E-state index contributed by atoms with van der Waals surface area (Å²) >= 11 is 0. The molecule has 0 radical (unpaired) electrons. The summed E-state index contributed by atoms with van der Waals surface area (Å²) in [5.41, 5.74) is 9.96. The Morgan fingerprint density at radius 3 is 2.50 bits per heavy atom. The second-order valence-corrected chi connectivity index (χ2v) is 3.77. The number of benzene rings is 2. The predicted molar refractivity (Wildman–Crippen MR) is 67.6 cm³/mol. The predicted octanol–water partition coefficient (Wildman–Crippen LogP) is 3.25. The lowest BCUT2D eigenvalue weighted by atomic mass is 10.0. The molecule has 82 valence electrons. The van der Waals surface area contributed by atoms with E-state index in [0.717, 1.165) is 28.1 Å². The highest BCUT2D eigenvalue weighted by Crippen LogP contribution is 2.31. The maximum atomic E-state index is 5.91. The molecule has 0 atom stereocenters. The molecule has 0 saturated heterocycles. The van der Waals surface area contributed by atoms with E-state index in [2.05, 4.69) is 6.07 Å². The third-order valence-electron chi connectivity index (χ3n) is 2.70. The molecule has 2 rings (SSSR count). The van der Waals surface area contributed by atoms with Crippen LogP contribution in [0.15, 0.2) is 42.5 Å². The fraction of sp³-hybridized carbons (Fsp3) is 0.143. The molecule has 0 aliphatic carbocycles. The molecule has 0 aliphatic heterocycles. The zero-order valence-electron chi connectivity index (χ0n) is 9.53. The Kier molecular flexibility index (Phi) is 2.82. The van der Waals surface area contributed by atoms with Gasteiger partial charge in [0.15, 0.2) is 0 Å². The third-order valence-corrected chi connectivity index (χ3v) is 2.70. The van der Waals surface area contributed by atoms with Gasteiger partial charge in [-0.3, -0.25) is 0 Å². The average molecular weight is 213 g/mol. The molecule has 2 nitrogen and oxygen atoms in total. The summed E-state index contributed by atoms with van der Waals surface area (Å²) in [5, 5.41) is 0. The van der Waals surface area contributed by atoms with Crippen molar-refractivity contribution in [2.24, 2.45) is 0 Å². The zero-order chi connectivity index (χ0) is 11.5. The Bertz CT molecular complexity index is 506. The SMILES string of the molecule is COc1ccccc1-c1ccc(C)c(N)c1. The molecule has 0 spiro atoms. The summed E-state index contributed by atoms with van der Waals surface area (Å²) in [7, 11) is 1.68. The first-order valence-corrected chi connectivity index (χ1v) is 5.22. The maximum Gasteiger partial charge on any atom is 0.126 e.